The van der Waals surface area contributed by atoms with Gasteiger partial charge in [0.15, 0.2) is 0 Å². The van der Waals surface area contributed by atoms with E-state index in [-0.39, 0.29) is 0 Å². The van der Waals surface area contributed by atoms with Crippen LogP contribution in [0.2, 0.25) is 0 Å². The Hall–Kier alpha value is -2.07. The molecule has 2 rings (SSSR count). The third-order valence-electron chi connectivity index (χ3n) is 2.52. The van der Waals surface area contributed by atoms with Gasteiger partial charge in [0.1, 0.15) is 11.5 Å². The summed E-state index contributed by atoms with van der Waals surface area (Å²) in [6.45, 7) is 1.68. The van der Waals surface area contributed by atoms with Crippen LogP contribution in [0.4, 0.5) is 0 Å². The number of hydrogen-bond acceptors (Lipinski definition) is 4. The molecule has 0 unspecified atom stereocenters. The topological polar surface area (TPSA) is 51.6 Å². The summed E-state index contributed by atoms with van der Waals surface area (Å²) in [7, 11) is 1.61. The van der Waals surface area contributed by atoms with E-state index in [4.69, 9.17) is 9.47 Å². The molecule has 4 nitrogen and oxygen atoms in total. The van der Waals surface area contributed by atoms with E-state index in [9.17, 15) is 5.11 Å². The Balaban J connectivity index is 2.22. The zero-order valence-corrected chi connectivity index (χ0v) is 10.3. The minimum Gasteiger partial charge on any atom is -0.497 e. The van der Waals surface area contributed by atoms with Crippen LogP contribution >= 0.6 is 0 Å². The monoisotopic (exact) mass is 245 g/mol. The predicted octanol–water partition coefficient (Wildman–Crippen LogP) is 2.94. The maximum atomic E-state index is 9.62. The lowest BCUT2D eigenvalue weighted by Gasteiger charge is -2.11. The third-order valence-corrected chi connectivity index (χ3v) is 2.52. The number of ether oxygens (including phenoxy) is 2. The van der Waals surface area contributed by atoms with Crippen molar-refractivity contribution in [2.75, 3.05) is 7.11 Å². The number of rotatable bonds is 4. The van der Waals surface area contributed by atoms with Crippen molar-refractivity contribution in [2.24, 2.45) is 0 Å². The number of benzene rings is 1. The van der Waals surface area contributed by atoms with Gasteiger partial charge >= 0.3 is 0 Å². The average molecular weight is 245 g/mol. The molecule has 0 aliphatic heterocycles. The van der Waals surface area contributed by atoms with E-state index >= 15 is 0 Å². The predicted molar refractivity (Wildman–Crippen MR) is 67.9 cm³/mol. The molecule has 0 fully saturated rings. The zero-order chi connectivity index (χ0) is 13.0. The molecule has 0 bridgehead atoms. The van der Waals surface area contributed by atoms with Gasteiger partial charge in [0.25, 0.3) is 0 Å². The Morgan fingerprint density at radius 1 is 1.11 bits per heavy atom. The van der Waals surface area contributed by atoms with Gasteiger partial charge in [0.2, 0.25) is 5.88 Å². The highest BCUT2D eigenvalue weighted by atomic mass is 16.5. The Morgan fingerprint density at radius 3 is 2.39 bits per heavy atom. The molecule has 1 atom stereocenters. The van der Waals surface area contributed by atoms with Gasteiger partial charge in [-0.25, -0.2) is 4.98 Å². The fraction of sp³-hybridized carbons (Fsp3) is 0.214. The maximum Gasteiger partial charge on any atom is 0.225 e. The largest absolute Gasteiger partial charge is 0.497 e. The van der Waals surface area contributed by atoms with Gasteiger partial charge in [-0.3, -0.25) is 0 Å². The number of aliphatic hydroxyl groups excluding tert-OH is 1. The SMILES string of the molecule is COc1ccc(Oc2ncccc2[C@@H](C)O)cc1. The molecule has 2 aromatic rings. The van der Waals surface area contributed by atoms with Crippen molar-refractivity contribution < 1.29 is 14.6 Å². The fourth-order valence-corrected chi connectivity index (χ4v) is 1.56. The first-order valence-electron chi connectivity index (χ1n) is 5.65. The highest BCUT2D eigenvalue weighted by Gasteiger charge is 2.10. The molecule has 0 amide bonds. The first-order valence-corrected chi connectivity index (χ1v) is 5.65. The normalized spacial score (nSPS) is 11.9. The summed E-state index contributed by atoms with van der Waals surface area (Å²) in [5.41, 5.74) is 0.660. The van der Waals surface area contributed by atoms with Crippen LogP contribution in [0.15, 0.2) is 42.6 Å². The Labute approximate surface area is 106 Å². The number of nitrogens with zero attached hydrogens (tertiary/aromatic N) is 1. The maximum absolute atomic E-state index is 9.62. The zero-order valence-electron chi connectivity index (χ0n) is 10.3. The third kappa shape index (κ3) is 2.78. The van der Waals surface area contributed by atoms with Crippen molar-refractivity contribution in [1.29, 1.82) is 0 Å². The van der Waals surface area contributed by atoms with Crippen LogP contribution in [0.1, 0.15) is 18.6 Å². The van der Waals surface area contributed by atoms with E-state index in [0.717, 1.165) is 5.75 Å². The second kappa shape index (κ2) is 5.51. The van der Waals surface area contributed by atoms with E-state index in [0.29, 0.717) is 17.2 Å². The van der Waals surface area contributed by atoms with Crippen LogP contribution in [-0.2, 0) is 0 Å². The van der Waals surface area contributed by atoms with Gasteiger partial charge in [-0.05, 0) is 43.3 Å². The standard InChI is InChI=1S/C14H15NO3/c1-10(16)13-4-3-9-15-14(13)18-12-7-5-11(17-2)6-8-12/h3-10,16H,1-2H3/t10-/m1/s1. The summed E-state index contributed by atoms with van der Waals surface area (Å²) in [6, 6.07) is 10.7. The molecule has 0 radical (unpaired) electrons. The van der Waals surface area contributed by atoms with Crippen molar-refractivity contribution in [1.82, 2.24) is 4.98 Å². The van der Waals surface area contributed by atoms with Crippen molar-refractivity contribution in [3.63, 3.8) is 0 Å². The van der Waals surface area contributed by atoms with E-state index < -0.39 is 6.10 Å². The van der Waals surface area contributed by atoms with Gasteiger partial charge in [-0.2, -0.15) is 0 Å². The van der Waals surface area contributed by atoms with Crippen molar-refractivity contribution in [2.45, 2.75) is 13.0 Å². The van der Waals surface area contributed by atoms with E-state index in [1.54, 1.807) is 56.6 Å². The number of aliphatic hydroxyl groups is 1. The van der Waals surface area contributed by atoms with Gasteiger partial charge in [-0.15, -0.1) is 0 Å². The van der Waals surface area contributed by atoms with E-state index in [1.165, 1.54) is 0 Å². The minimum absolute atomic E-state index is 0.415. The lowest BCUT2D eigenvalue weighted by Crippen LogP contribution is -1.98. The summed E-state index contributed by atoms with van der Waals surface area (Å²) < 4.78 is 10.7. The molecular formula is C14H15NO3. The summed E-state index contributed by atoms with van der Waals surface area (Å²) in [6.07, 6.45) is 1.01. The molecule has 94 valence electrons. The van der Waals surface area contributed by atoms with Crippen molar-refractivity contribution >= 4 is 0 Å². The second-order valence-electron chi connectivity index (χ2n) is 3.85. The first-order chi connectivity index (χ1) is 8.70. The number of methoxy groups -OCH3 is 1. The molecule has 0 spiro atoms. The molecule has 0 saturated carbocycles. The summed E-state index contributed by atoms with van der Waals surface area (Å²) in [4.78, 5) is 4.12. The van der Waals surface area contributed by atoms with E-state index in [1.807, 2.05) is 0 Å². The molecule has 1 aromatic carbocycles. The highest BCUT2D eigenvalue weighted by molar-refractivity contribution is 5.36. The number of pyridine rings is 1. The smallest absolute Gasteiger partial charge is 0.225 e. The Morgan fingerprint density at radius 2 is 1.78 bits per heavy atom. The van der Waals surface area contributed by atoms with Gasteiger partial charge in [0.05, 0.1) is 13.2 Å². The van der Waals surface area contributed by atoms with Crippen LogP contribution < -0.4 is 9.47 Å². The molecule has 1 N–H and O–H groups in total. The van der Waals surface area contributed by atoms with Crippen LogP contribution in [0, 0.1) is 0 Å². The van der Waals surface area contributed by atoms with Gasteiger partial charge in [-0.1, -0.05) is 0 Å². The van der Waals surface area contributed by atoms with Crippen LogP contribution in [0.3, 0.4) is 0 Å². The molecule has 0 saturated heterocycles. The second-order valence-corrected chi connectivity index (χ2v) is 3.85. The molecule has 0 aliphatic carbocycles. The molecule has 1 aromatic heterocycles. The Bertz CT molecular complexity index is 509. The summed E-state index contributed by atoms with van der Waals surface area (Å²) in [5, 5.41) is 9.62. The fourth-order valence-electron chi connectivity index (χ4n) is 1.56. The average Bonchev–Trinajstić information content (AvgIpc) is 2.40. The lowest BCUT2D eigenvalue weighted by molar-refractivity contribution is 0.194. The molecule has 18 heavy (non-hydrogen) atoms. The van der Waals surface area contributed by atoms with Crippen LogP contribution in [0.25, 0.3) is 0 Å². The lowest BCUT2D eigenvalue weighted by atomic mass is 10.2. The molecule has 1 heterocycles. The number of hydrogen-bond donors (Lipinski definition) is 1. The molecule has 4 heteroatoms. The highest BCUT2D eigenvalue weighted by Crippen LogP contribution is 2.28. The van der Waals surface area contributed by atoms with Crippen LogP contribution in [0.5, 0.6) is 17.4 Å². The van der Waals surface area contributed by atoms with Crippen molar-refractivity contribution in [3.8, 4) is 17.4 Å². The van der Waals surface area contributed by atoms with Gasteiger partial charge < -0.3 is 14.6 Å². The first kappa shape index (κ1) is 12.4. The quantitative estimate of drug-likeness (QED) is 0.899. The molecule has 0 aliphatic rings. The number of aromatic nitrogens is 1. The minimum atomic E-state index is -0.619. The Kier molecular flexibility index (Phi) is 3.79. The summed E-state index contributed by atoms with van der Waals surface area (Å²) in [5.74, 6) is 1.83. The summed E-state index contributed by atoms with van der Waals surface area (Å²) >= 11 is 0. The van der Waals surface area contributed by atoms with Gasteiger partial charge in [0, 0.05) is 11.8 Å². The molecular weight excluding hydrogens is 230 g/mol. The van der Waals surface area contributed by atoms with Crippen molar-refractivity contribution in [3.05, 3.63) is 48.2 Å². The van der Waals surface area contributed by atoms with E-state index in [2.05, 4.69) is 4.98 Å². The van der Waals surface area contributed by atoms with Crippen LogP contribution in [-0.4, -0.2) is 17.2 Å².